The van der Waals surface area contributed by atoms with Crippen LogP contribution in [-0.4, -0.2) is 29.7 Å². The lowest BCUT2D eigenvalue weighted by molar-refractivity contribution is -0.128. The van der Waals surface area contributed by atoms with Crippen LogP contribution < -0.4 is 5.73 Å². The van der Waals surface area contributed by atoms with Gasteiger partial charge in [0.1, 0.15) is 0 Å². The number of carbonyl (C=O) groups excluding carboxylic acids is 1. The molecule has 1 aliphatic heterocycles. The molecule has 0 aliphatic carbocycles. The van der Waals surface area contributed by atoms with E-state index in [1.54, 1.807) is 0 Å². The fraction of sp³-hybridized carbons (Fsp3) is 0.778. The van der Waals surface area contributed by atoms with Crippen molar-refractivity contribution in [3.05, 3.63) is 0 Å². The minimum absolute atomic E-state index is 0.0844. The molecule has 0 aromatic heterocycles. The molecular weight excluding hydrogens is 166 g/mol. The highest BCUT2D eigenvalue weighted by atomic mass is 16.2. The highest BCUT2D eigenvalue weighted by molar-refractivity contribution is 6.04. The number of nitrogens with zero attached hydrogens (tertiary/aromatic N) is 2. The fourth-order valence-corrected chi connectivity index (χ4v) is 1.41. The Kier molecular flexibility index (Phi) is 3.42. The van der Waals surface area contributed by atoms with E-state index in [1.165, 1.54) is 5.01 Å². The smallest absolute Gasteiger partial charge is 0.248 e. The van der Waals surface area contributed by atoms with E-state index in [1.807, 2.05) is 0 Å². The third kappa shape index (κ3) is 2.81. The molecule has 0 atom stereocenters. The standard InChI is InChI=1S/C9H17N3O/c1-7(2)5-8-6-9(13)12(11-8)4-3-10/h7H,3-6,10H2,1-2H3. The maximum absolute atomic E-state index is 11.3. The van der Waals surface area contributed by atoms with Crippen LogP contribution >= 0.6 is 0 Å². The van der Waals surface area contributed by atoms with Gasteiger partial charge in [-0.15, -0.1) is 0 Å². The largest absolute Gasteiger partial charge is 0.329 e. The number of nitrogens with two attached hydrogens (primary N) is 1. The van der Waals surface area contributed by atoms with Crippen LogP contribution in [0.4, 0.5) is 0 Å². The van der Waals surface area contributed by atoms with Gasteiger partial charge in [-0.05, 0) is 12.3 Å². The van der Waals surface area contributed by atoms with Gasteiger partial charge in [0.05, 0.1) is 13.0 Å². The zero-order chi connectivity index (χ0) is 9.84. The summed E-state index contributed by atoms with van der Waals surface area (Å²) in [5.41, 5.74) is 6.35. The van der Waals surface area contributed by atoms with Gasteiger partial charge in [0.15, 0.2) is 0 Å². The van der Waals surface area contributed by atoms with Gasteiger partial charge in [-0.25, -0.2) is 5.01 Å². The second kappa shape index (κ2) is 4.37. The van der Waals surface area contributed by atoms with Gasteiger partial charge in [0.25, 0.3) is 0 Å². The van der Waals surface area contributed by atoms with Gasteiger partial charge in [-0.2, -0.15) is 5.10 Å². The molecule has 0 bridgehead atoms. The van der Waals surface area contributed by atoms with E-state index in [0.29, 0.717) is 25.4 Å². The van der Waals surface area contributed by atoms with E-state index >= 15 is 0 Å². The lowest BCUT2D eigenvalue weighted by Gasteiger charge is -2.08. The van der Waals surface area contributed by atoms with Crippen molar-refractivity contribution in [3.63, 3.8) is 0 Å². The van der Waals surface area contributed by atoms with Crippen LogP contribution in [0.1, 0.15) is 26.7 Å². The van der Waals surface area contributed by atoms with Crippen molar-refractivity contribution < 1.29 is 4.79 Å². The normalized spacial score (nSPS) is 17.1. The molecule has 13 heavy (non-hydrogen) atoms. The number of hydrazone groups is 1. The summed E-state index contributed by atoms with van der Waals surface area (Å²) in [4.78, 5) is 11.3. The van der Waals surface area contributed by atoms with E-state index < -0.39 is 0 Å². The zero-order valence-electron chi connectivity index (χ0n) is 8.29. The van der Waals surface area contributed by atoms with Crippen molar-refractivity contribution in [2.45, 2.75) is 26.7 Å². The Morgan fingerprint density at radius 2 is 2.31 bits per heavy atom. The van der Waals surface area contributed by atoms with Gasteiger partial charge in [-0.1, -0.05) is 13.8 Å². The topological polar surface area (TPSA) is 58.7 Å². The summed E-state index contributed by atoms with van der Waals surface area (Å²) in [6, 6.07) is 0. The molecular formula is C9H17N3O. The lowest BCUT2D eigenvalue weighted by atomic mass is 10.1. The molecule has 1 amide bonds. The minimum atomic E-state index is 0.0844. The van der Waals surface area contributed by atoms with Crippen LogP contribution in [0.5, 0.6) is 0 Å². The van der Waals surface area contributed by atoms with Gasteiger partial charge >= 0.3 is 0 Å². The third-order valence-electron chi connectivity index (χ3n) is 1.89. The molecule has 4 nitrogen and oxygen atoms in total. The SMILES string of the molecule is CC(C)CC1=NN(CCN)C(=O)C1. The maximum atomic E-state index is 11.3. The van der Waals surface area contributed by atoms with Gasteiger partial charge < -0.3 is 5.73 Å². The molecule has 1 heterocycles. The Morgan fingerprint density at radius 1 is 1.62 bits per heavy atom. The van der Waals surface area contributed by atoms with E-state index in [2.05, 4.69) is 18.9 Å². The first-order chi connectivity index (χ1) is 6.13. The zero-order valence-corrected chi connectivity index (χ0v) is 8.29. The summed E-state index contributed by atoms with van der Waals surface area (Å²) in [6.07, 6.45) is 1.39. The average molecular weight is 183 g/mol. The Hall–Kier alpha value is -0.900. The van der Waals surface area contributed by atoms with Crippen LogP contribution in [-0.2, 0) is 4.79 Å². The molecule has 0 aromatic rings. The molecule has 2 N–H and O–H groups in total. The summed E-state index contributed by atoms with van der Waals surface area (Å²) in [5, 5.41) is 5.70. The molecule has 1 aliphatic rings. The van der Waals surface area contributed by atoms with Crippen molar-refractivity contribution in [1.82, 2.24) is 5.01 Å². The average Bonchev–Trinajstić information content (AvgIpc) is 2.31. The second-order valence-corrected chi connectivity index (χ2v) is 3.75. The highest BCUT2D eigenvalue weighted by Gasteiger charge is 2.22. The molecule has 0 fully saturated rings. The van der Waals surface area contributed by atoms with Crippen molar-refractivity contribution in [3.8, 4) is 0 Å². The van der Waals surface area contributed by atoms with Crippen LogP contribution in [0.2, 0.25) is 0 Å². The first kappa shape index (κ1) is 10.2. The van der Waals surface area contributed by atoms with Crippen molar-refractivity contribution in [1.29, 1.82) is 0 Å². The summed E-state index contributed by atoms with van der Waals surface area (Å²) >= 11 is 0. The molecule has 0 spiro atoms. The van der Waals surface area contributed by atoms with Crippen LogP contribution in [0.25, 0.3) is 0 Å². The number of hydrogen-bond acceptors (Lipinski definition) is 3. The third-order valence-corrected chi connectivity index (χ3v) is 1.89. The Morgan fingerprint density at radius 3 is 2.85 bits per heavy atom. The van der Waals surface area contributed by atoms with Gasteiger partial charge in [0.2, 0.25) is 5.91 Å². The number of amides is 1. The molecule has 0 saturated carbocycles. The molecule has 0 unspecified atom stereocenters. The molecule has 74 valence electrons. The van der Waals surface area contributed by atoms with E-state index in [-0.39, 0.29) is 5.91 Å². The molecule has 0 saturated heterocycles. The Bertz CT molecular complexity index is 223. The number of carbonyl (C=O) groups is 1. The van der Waals surface area contributed by atoms with Crippen molar-refractivity contribution >= 4 is 11.6 Å². The van der Waals surface area contributed by atoms with Gasteiger partial charge in [-0.3, -0.25) is 4.79 Å². The predicted octanol–water partition coefficient (Wildman–Crippen LogP) is 0.580. The molecule has 0 aromatic carbocycles. The Labute approximate surface area is 78.8 Å². The van der Waals surface area contributed by atoms with E-state index in [0.717, 1.165) is 12.1 Å². The number of rotatable bonds is 4. The van der Waals surface area contributed by atoms with E-state index in [9.17, 15) is 4.79 Å². The summed E-state index contributed by atoms with van der Waals surface area (Å²) in [5.74, 6) is 0.644. The quantitative estimate of drug-likeness (QED) is 0.693. The Balaban J connectivity index is 2.50. The maximum Gasteiger partial charge on any atom is 0.248 e. The fourth-order valence-electron chi connectivity index (χ4n) is 1.41. The predicted molar refractivity (Wildman–Crippen MR) is 52.3 cm³/mol. The summed E-state index contributed by atoms with van der Waals surface area (Å²) in [6.45, 7) is 5.27. The van der Waals surface area contributed by atoms with Gasteiger partial charge in [0, 0.05) is 12.3 Å². The molecule has 1 rings (SSSR count). The van der Waals surface area contributed by atoms with Crippen LogP contribution in [0.15, 0.2) is 5.10 Å². The van der Waals surface area contributed by atoms with Crippen molar-refractivity contribution in [2.75, 3.05) is 13.1 Å². The summed E-state index contributed by atoms with van der Waals surface area (Å²) in [7, 11) is 0. The molecule has 4 heteroatoms. The molecule has 0 radical (unpaired) electrons. The van der Waals surface area contributed by atoms with Crippen molar-refractivity contribution in [2.24, 2.45) is 16.8 Å². The number of hydrogen-bond donors (Lipinski definition) is 1. The van der Waals surface area contributed by atoms with Crippen LogP contribution in [0.3, 0.4) is 0 Å². The lowest BCUT2D eigenvalue weighted by Crippen LogP contribution is -2.26. The first-order valence-electron chi connectivity index (χ1n) is 4.70. The second-order valence-electron chi connectivity index (χ2n) is 3.75. The monoisotopic (exact) mass is 183 g/mol. The highest BCUT2D eigenvalue weighted by Crippen LogP contribution is 2.13. The van der Waals surface area contributed by atoms with E-state index in [4.69, 9.17) is 5.73 Å². The summed E-state index contributed by atoms with van der Waals surface area (Å²) < 4.78 is 0. The first-order valence-corrected chi connectivity index (χ1v) is 4.70. The van der Waals surface area contributed by atoms with Crippen LogP contribution in [0, 0.1) is 5.92 Å². The minimum Gasteiger partial charge on any atom is -0.329 e.